The fourth-order valence-corrected chi connectivity index (χ4v) is 3.25. The van der Waals surface area contributed by atoms with Crippen molar-refractivity contribution in [2.45, 2.75) is 12.8 Å². The van der Waals surface area contributed by atoms with Crippen molar-refractivity contribution in [1.29, 1.82) is 0 Å². The number of nitro benzene ring substituents is 1. The summed E-state index contributed by atoms with van der Waals surface area (Å²) in [7, 11) is 0. The summed E-state index contributed by atoms with van der Waals surface area (Å²) in [6, 6.07) is 13.8. The van der Waals surface area contributed by atoms with Crippen LogP contribution in [0.1, 0.15) is 20.9 Å². The summed E-state index contributed by atoms with van der Waals surface area (Å²) in [6.45, 7) is 0. The second-order valence-corrected chi connectivity index (χ2v) is 6.83. The number of benzene rings is 2. The Bertz CT molecular complexity index is 946. The number of carbonyl (C=O) groups excluding carboxylic acids is 1. The van der Waals surface area contributed by atoms with Crippen LogP contribution in [0.3, 0.4) is 0 Å². The lowest BCUT2D eigenvalue weighted by molar-refractivity contribution is -0.384. The Kier molecular flexibility index (Phi) is 5.55. The minimum atomic E-state index is -0.603. The molecule has 0 atom stereocenters. The zero-order valence-corrected chi connectivity index (χ0v) is 15.0. The molecule has 0 spiro atoms. The molecular formula is C17H13ClN4O3S. The second kappa shape index (κ2) is 8.03. The van der Waals surface area contributed by atoms with E-state index in [4.69, 9.17) is 11.6 Å². The van der Waals surface area contributed by atoms with Gasteiger partial charge in [0.05, 0.1) is 4.92 Å². The summed E-state index contributed by atoms with van der Waals surface area (Å²) in [4.78, 5) is 22.4. The molecule has 1 heterocycles. The largest absolute Gasteiger partial charge is 0.296 e. The van der Waals surface area contributed by atoms with E-state index in [1.54, 1.807) is 0 Å². The molecule has 0 aliphatic carbocycles. The highest BCUT2D eigenvalue weighted by molar-refractivity contribution is 7.15. The van der Waals surface area contributed by atoms with Gasteiger partial charge in [0.15, 0.2) is 0 Å². The number of nitrogens with one attached hydrogen (secondary N) is 1. The summed E-state index contributed by atoms with van der Waals surface area (Å²) in [6.07, 6.45) is 1.56. The lowest BCUT2D eigenvalue weighted by Gasteiger charge is -2.02. The van der Waals surface area contributed by atoms with Gasteiger partial charge in [-0.1, -0.05) is 53.3 Å². The summed E-state index contributed by atoms with van der Waals surface area (Å²) in [5.41, 5.74) is 1.16. The first-order valence-corrected chi connectivity index (χ1v) is 8.84. The molecule has 1 amide bonds. The molecule has 9 heteroatoms. The van der Waals surface area contributed by atoms with E-state index >= 15 is 0 Å². The molecule has 1 N–H and O–H groups in total. The van der Waals surface area contributed by atoms with Crippen LogP contribution in [0, 0.1) is 10.1 Å². The highest BCUT2D eigenvalue weighted by Crippen LogP contribution is 2.25. The molecule has 132 valence electrons. The van der Waals surface area contributed by atoms with Crippen molar-refractivity contribution in [3.8, 4) is 0 Å². The van der Waals surface area contributed by atoms with Crippen LogP contribution >= 0.6 is 22.9 Å². The van der Waals surface area contributed by atoms with E-state index in [1.165, 1.54) is 35.1 Å². The Morgan fingerprint density at radius 2 is 1.92 bits per heavy atom. The molecule has 0 saturated carbocycles. The molecule has 1 aromatic heterocycles. The summed E-state index contributed by atoms with van der Waals surface area (Å²) < 4.78 is 0. The minimum Gasteiger partial charge on any atom is -0.296 e. The highest BCUT2D eigenvalue weighted by Gasteiger charge is 2.16. The number of hydrogen-bond donors (Lipinski definition) is 1. The molecule has 0 aliphatic rings. The van der Waals surface area contributed by atoms with Gasteiger partial charge in [-0.25, -0.2) is 0 Å². The zero-order valence-electron chi connectivity index (χ0n) is 13.4. The van der Waals surface area contributed by atoms with Gasteiger partial charge in [0.2, 0.25) is 5.13 Å². The van der Waals surface area contributed by atoms with Gasteiger partial charge in [0, 0.05) is 18.1 Å². The van der Waals surface area contributed by atoms with E-state index in [0.29, 0.717) is 5.13 Å². The van der Waals surface area contributed by atoms with Crippen LogP contribution in [0.15, 0.2) is 48.5 Å². The average Bonchev–Trinajstić information content (AvgIpc) is 3.08. The number of aryl methyl sites for hydroxylation is 2. The van der Waals surface area contributed by atoms with Crippen LogP contribution < -0.4 is 5.32 Å². The van der Waals surface area contributed by atoms with Gasteiger partial charge in [0.1, 0.15) is 10.0 Å². The summed E-state index contributed by atoms with van der Waals surface area (Å²) in [5, 5.41) is 22.5. The van der Waals surface area contributed by atoms with Crippen molar-refractivity contribution in [2.24, 2.45) is 0 Å². The Morgan fingerprint density at radius 1 is 1.15 bits per heavy atom. The lowest BCUT2D eigenvalue weighted by Crippen LogP contribution is -2.11. The second-order valence-electron chi connectivity index (χ2n) is 5.36. The number of carbonyl (C=O) groups is 1. The Hall–Kier alpha value is -2.84. The normalized spacial score (nSPS) is 10.5. The molecule has 0 saturated heterocycles. The standard InChI is InChI=1S/C17H13ClN4O3S/c18-13-10-12(7-8-14(13)22(24)25)16(23)19-17-21-20-15(26-17)9-6-11-4-2-1-3-5-11/h1-5,7-8,10H,6,9H2,(H,19,21,23). The van der Waals surface area contributed by atoms with E-state index in [9.17, 15) is 14.9 Å². The first-order chi connectivity index (χ1) is 12.5. The number of aromatic nitrogens is 2. The zero-order chi connectivity index (χ0) is 18.5. The molecule has 0 fully saturated rings. The van der Waals surface area contributed by atoms with Crippen molar-refractivity contribution in [2.75, 3.05) is 5.32 Å². The molecule has 0 bridgehead atoms. The molecule has 2 aromatic carbocycles. The maximum absolute atomic E-state index is 12.2. The van der Waals surface area contributed by atoms with Gasteiger partial charge in [-0.05, 0) is 24.1 Å². The number of hydrogen-bond acceptors (Lipinski definition) is 6. The summed E-state index contributed by atoms with van der Waals surface area (Å²) >= 11 is 7.12. The molecule has 26 heavy (non-hydrogen) atoms. The van der Waals surface area contributed by atoms with Gasteiger partial charge in [-0.15, -0.1) is 10.2 Å². The minimum absolute atomic E-state index is 0.0940. The molecule has 0 unspecified atom stereocenters. The van der Waals surface area contributed by atoms with Crippen molar-refractivity contribution in [3.05, 3.63) is 79.8 Å². The monoisotopic (exact) mass is 388 g/mol. The molecule has 3 aromatic rings. The van der Waals surface area contributed by atoms with E-state index in [-0.39, 0.29) is 16.3 Å². The van der Waals surface area contributed by atoms with E-state index in [2.05, 4.69) is 15.5 Å². The van der Waals surface area contributed by atoms with Crippen LogP contribution in [0.5, 0.6) is 0 Å². The van der Waals surface area contributed by atoms with Crippen LogP contribution in [0.4, 0.5) is 10.8 Å². The van der Waals surface area contributed by atoms with Gasteiger partial charge in [-0.2, -0.15) is 0 Å². The third-order valence-electron chi connectivity index (χ3n) is 3.56. The Balaban J connectivity index is 1.62. The predicted octanol–water partition coefficient (Wildman–Crippen LogP) is 4.14. The Labute approximate surface area is 157 Å². The first-order valence-electron chi connectivity index (χ1n) is 7.64. The number of halogens is 1. The average molecular weight is 389 g/mol. The number of rotatable bonds is 6. The quantitative estimate of drug-likeness (QED) is 0.505. The molecule has 3 rings (SSSR count). The number of anilines is 1. The first kappa shape index (κ1) is 18.0. The maximum atomic E-state index is 12.2. The molecule has 7 nitrogen and oxygen atoms in total. The van der Waals surface area contributed by atoms with Gasteiger partial charge >= 0.3 is 0 Å². The number of nitro groups is 1. The molecular weight excluding hydrogens is 376 g/mol. The highest BCUT2D eigenvalue weighted by atomic mass is 35.5. The van der Waals surface area contributed by atoms with Crippen molar-refractivity contribution < 1.29 is 9.72 Å². The van der Waals surface area contributed by atoms with E-state index in [1.807, 2.05) is 30.3 Å². The maximum Gasteiger partial charge on any atom is 0.287 e. The topological polar surface area (TPSA) is 98.0 Å². The van der Waals surface area contributed by atoms with Crippen molar-refractivity contribution >= 4 is 39.7 Å². The van der Waals surface area contributed by atoms with Gasteiger partial charge in [-0.3, -0.25) is 20.2 Å². The smallest absolute Gasteiger partial charge is 0.287 e. The van der Waals surface area contributed by atoms with Crippen LogP contribution in [0.2, 0.25) is 5.02 Å². The van der Waals surface area contributed by atoms with Gasteiger partial charge < -0.3 is 0 Å². The summed E-state index contributed by atoms with van der Waals surface area (Å²) in [5.74, 6) is -0.451. The van der Waals surface area contributed by atoms with Gasteiger partial charge in [0.25, 0.3) is 11.6 Å². The van der Waals surface area contributed by atoms with Crippen LogP contribution in [0.25, 0.3) is 0 Å². The predicted molar refractivity (Wildman–Crippen MR) is 99.8 cm³/mol. The third-order valence-corrected chi connectivity index (χ3v) is 4.77. The van der Waals surface area contributed by atoms with Crippen molar-refractivity contribution in [3.63, 3.8) is 0 Å². The van der Waals surface area contributed by atoms with E-state index < -0.39 is 10.8 Å². The van der Waals surface area contributed by atoms with Crippen molar-refractivity contribution in [1.82, 2.24) is 10.2 Å². The van der Waals surface area contributed by atoms with Crippen LogP contribution in [-0.4, -0.2) is 21.0 Å². The Morgan fingerprint density at radius 3 is 2.62 bits per heavy atom. The number of nitrogens with zero attached hydrogens (tertiary/aromatic N) is 3. The molecule has 0 radical (unpaired) electrons. The number of amides is 1. The third kappa shape index (κ3) is 4.41. The lowest BCUT2D eigenvalue weighted by atomic mass is 10.1. The molecule has 0 aliphatic heterocycles. The fraction of sp³-hybridized carbons (Fsp3) is 0.118. The SMILES string of the molecule is O=C(Nc1nnc(CCc2ccccc2)s1)c1ccc([N+](=O)[O-])c(Cl)c1. The van der Waals surface area contributed by atoms with E-state index in [0.717, 1.165) is 17.8 Å². The van der Waals surface area contributed by atoms with Crippen LogP contribution in [-0.2, 0) is 12.8 Å². The fourth-order valence-electron chi connectivity index (χ4n) is 2.27.